The zero-order valence-corrected chi connectivity index (χ0v) is 9.79. The van der Waals surface area contributed by atoms with Crippen molar-refractivity contribution in [1.82, 2.24) is 0 Å². The maximum absolute atomic E-state index is 13.6. The predicted molar refractivity (Wildman–Crippen MR) is 54.3 cm³/mol. The maximum atomic E-state index is 13.6. The highest BCUT2D eigenvalue weighted by atomic mass is 19.4. The first-order chi connectivity index (χ1) is 9.39. The number of benzene rings is 1. The fourth-order valence-electron chi connectivity index (χ4n) is 1.90. The van der Waals surface area contributed by atoms with Crippen LogP contribution in [0.2, 0.25) is 0 Å². The Balaban J connectivity index is 2.85. The van der Waals surface area contributed by atoms with Crippen LogP contribution < -0.4 is 0 Å². The summed E-state index contributed by atoms with van der Waals surface area (Å²) in [6.45, 7) is 0. The molecule has 0 heterocycles. The fraction of sp³-hybridized carbons (Fsp3) is 0.333. The van der Waals surface area contributed by atoms with Crippen LogP contribution in [0, 0.1) is 0 Å². The van der Waals surface area contributed by atoms with Gasteiger partial charge >= 0.3 is 23.7 Å². The molecule has 0 atom stereocenters. The molecule has 0 bridgehead atoms. The van der Waals surface area contributed by atoms with Crippen LogP contribution in [-0.2, 0) is 0 Å². The van der Waals surface area contributed by atoms with E-state index in [-0.39, 0.29) is 0 Å². The summed E-state index contributed by atoms with van der Waals surface area (Å²) in [7, 11) is 0. The molecule has 0 nitrogen and oxygen atoms in total. The van der Waals surface area contributed by atoms with E-state index in [4.69, 9.17) is 0 Å². The molecule has 116 valence electrons. The van der Waals surface area contributed by atoms with Gasteiger partial charge in [0, 0.05) is 0 Å². The molecule has 1 aliphatic rings. The van der Waals surface area contributed by atoms with E-state index in [0.29, 0.717) is 12.1 Å². The summed E-state index contributed by atoms with van der Waals surface area (Å²) >= 11 is 0. The number of allylic oxidation sites excluding steroid dienone is 2. The minimum absolute atomic E-state index is 0.637. The predicted octanol–water partition coefficient (Wildman–Crippen LogP) is 4.92. The molecule has 0 amide bonds. The molecule has 0 fully saturated rings. The van der Waals surface area contributed by atoms with Crippen molar-refractivity contribution in [2.75, 3.05) is 0 Å². The molecule has 0 radical (unpaired) electrons. The van der Waals surface area contributed by atoms with Gasteiger partial charge in [0.2, 0.25) is 0 Å². The zero-order valence-electron chi connectivity index (χ0n) is 9.79. The Morgan fingerprint density at radius 3 is 1.52 bits per heavy atom. The lowest BCUT2D eigenvalue weighted by atomic mass is 9.82. The lowest BCUT2D eigenvalue weighted by Gasteiger charge is -2.41. The quantitative estimate of drug-likeness (QED) is 0.644. The Morgan fingerprint density at radius 1 is 0.619 bits per heavy atom. The van der Waals surface area contributed by atoms with E-state index in [1.165, 1.54) is 6.07 Å². The topological polar surface area (TPSA) is 0 Å². The molecule has 1 aromatic rings. The van der Waals surface area contributed by atoms with Crippen LogP contribution in [0.15, 0.2) is 36.2 Å². The second-order valence-corrected chi connectivity index (χ2v) is 4.35. The smallest absolute Gasteiger partial charge is 0.204 e. The summed E-state index contributed by atoms with van der Waals surface area (Å²) in [5, 5.41) is 0. The van der Waals surface area contributed by atoms with E-state index in [1.54, 1.807) is 0 Å². The van der Waals surface area contributed by atoms with Gasteiger partial charge in [0.05, 0.1) is 5.57 Å². The van der Waals surface area contributed by atoms with Crippen molar-refractivity contribution in [2.24, 2.45) is 0 Å². The molecule has 2 rings (SSSR count). The molecular formula is C12H5F9. The molecule has 0 spiro atoms. The third-order valence-electron chi connectivity index (χ3n) is 3.05. The van der Waals surface area contributed by atoms with Gasteiger partial charge in [-0.3, -0.25) is 0 Å². The average molecular weight is 320 g/mol. The summed E-state index contributed by atoms with van der Waals surface area (Å²) in [6.07, 6.45) is 0. The van der Waals surface area contributed by atoms with Crippen molar-refractivity contribution in [3.05, 3.63) is 41.7 Å². The van der Waals surface area contributed by atoms with Gasteiger partial charge in [-0.05, 0) is 5.56 Å². The fourth-order valence-corrected chi connectivity index (χ4v) is 1.90. The van der Waals surface area contributed by atoms with E-state index in [9.17, 15) is 39.5 Å². The van der Waals surface area contributed by atoms with Crippen molar-refractivity contribution in [3.63, 3.8) is 0 Å². The molecule has 21 heavy (non-hydrogen) atoms. The Kier molecular flexibility index (Phi) is 3.12. The lowest BCUT2D eigenvalue weighted by molar-refractivity contribution is -0.355. The molecule has 1 aliphatic carbocycles. The first kappa shape index (κ1) is 15.7. The van der Waals surface area contributed by atoms with Crippen molar-refractivity contribution in [3.8, 4) is 0 Å². The van der Waals surface area contributed by atoms with Crippen LogP contribution in [0.5, 0.6) is 0 Å². The normalized spacial score (nSPS) is 25.8. The first-order valence-corrected chi connectivity index (χ1v) is 5.36. The van der Waals surface area contributed by atoms with Gasteiger partial charge in [0.25, 0.3) is 0 Å². The molecule has 0 aromatic heterocycles. The van der Waals surface area contributed by atoms with Gasteiger partial charge in [-0.25, -0.2) is 4.39 Å². The number of hydrogen-bond donors (Lipinski definition) is 0. The highest BCUT2D eigenvalue weighted by Crippen LogP contribution is 2.63. The molecular weight excluding hydrogens is 315 g/mol. The molecule has 0 saturated carbocycles. The van der Waals surface area contributed by atoms with E-state index in [0.717, 1.165) is 12.1 Å². The van der Waals surface area contributed by atoms with Gasteiger partial charge < -0.3 is 0 Å². The molecule has 9 heteroatoms. The van der Waals surface area contributed by atoms with Crippen LogP contribution in [-0.4, -0.2) is 23.7 Å². The molecule has 0 N–H and O–H groups in total. The average Bonchev–Trinajstić information content (AvgIpc) is 2.38. The summed E-state index contributed by atoms with van der Waals surface area (Å²) in [5.41, 5.74) is -3.47. The van der Waals surface area contributed by atoms with Crippen molar-refractivity contribution in [2.45, 2.75) is 23.7 Å². The summed E-state index contributed by atoms with van der Waals surface area (Å²) in [4.78, 5) is 0. The Hall–Kier alpha value is -1.67. The number of hydrogen-bond acceptors (Lipinski definition) is 0. The minimum atomic E-state index is -6.56. The van der Waals surface area contributed by atoms with Gasteiger partial charge in [-0.2, -0.15) is 35.1 Å². The van der Waals surface area contributed by atoms with E-state index in [2.05, 4.69) is 0 Å². The molecule has 0 aliphatic heterocycles. The van der Waals surface area contributed by atoms with Crippen LogP contribution in [0.4, 0.5) is 39.5 Å². The second-order valence-electron chi connectivity index (χ2n) is 4.35. The zero-order chi connectivity index (χ0) is 16.3. The molecule has 1 aromatic carbocycles. The van der Waals surface area contributed by atoms with Crippen LogP contribution in [0.1, 0.15) is 5.56 Å². The molecule has 0 unspecified atom stereocenters. The van der Waals surface area contributed by atoms with Gasteiger partial charge in [-0.15, -0.1) is 0 Å². The van der Waals surface area contributed by atoms with Crippen LogP contribution in [0.25, 0.3) is 5.57 Å². The van der Waals surface area contributed by atoms with Gasteiger partial charge in [-0.1, -0.05) is 30.3 Å². The van der Waals surface area contributed by atoms with E-state index in [1.807, 2.05) is 0 Å². The largest absolute Gasteiger partial charge is 0.385 e. The SMILES string of the molecule is FC1=C(c2ccccc2)C(F)(F)C(F)(F)C(F)(F)C1(F)F. The van der Waals surface area contributed by atoms with E-state index < -0.39 is 40.7 Å². The second kappa shape index (κ2) is 4.17. The van der Waals surface area contributed by atoms with Crippen molar-refractivity contribution < 1.29 is 39.5 Å². The molecule has 0 saturated heterocycles. The summed E-state index contributed by atoms with van der Waals surface area (Å²) in [6, 6.07) is 4.45. The van der Waals surface area contributed by atoms with Crippen molar-refractivity contribution >= 4 is 5.57 Å². The van der Waals surface area contributed by atoms with Gasteiger partial charge in [0.15, 0.2) is 5.83 Å². The Bertz CT molecular complexity index is 586. The monoisotopic (exact) mass is 320 g/mol. The van der Waals surface area contributed by atoms with Gasteiger partial charge in [0.1, 0.15) is 0 Å². The highest BCUT2D eigenvalue weighted by Gasteiger charge is 2.86. The number of alkyl halides is 8. The third-order valence-corrected chi connectivity index (χ3v) is 3.05. The van der Waals surface area contributed by atoms with Crippen LogP contribution >= 0.6 is 0 Å². The summed E-state index contributed by atoms with van der Waals surface area (Å²) < 4.78 is 119. The van der Waals surface area contributed by atoms with Crippen molar-refractivity contribution in [1.29, 1.82) is 0 Å². The minimum Gasteiger partial charge on any atom is -0.204 e. The number of halogens is 9. The lowest BCUT2D eigenvalue weighted by Crippen LogP contribution is -2.66. The standard InChI is InChI=1S/C12H5F9/c13-8-7(6-4-2-1-3-5-6)9(14,15)11(18,19)12(20,21)10(8,16)17/h1-5H. The highest BCUT2D eigenvalue weighted by molar-refractivity contribution is 5.76. The van der Waals surface area contributed by atoms with Crippen LogP contribution in [0.3, 0.4) is 0 Å². The third kappa shape index (κ3) is 1.72. The van der Waals surface area contributed by atoms with E-state index >= 15 is 0 Å². The Morgan fingerprint density at radius 2 is 1.05 bits per heavy atom. The Labute approximate surface area is 111 Å². The summed E-state index contributed by atoms with van der Waals surface area (Å²) in [5.74, 6) is -28.1. The maximum Gasteiger partial charge on any atom is 0.385 e. The first-order valence-electron chi connectivity index (χ1n) is 5.36. The number of rotatable bonds is 1.